The van der Waals surface area contributed by atoms with Gasteiger partial charge in [-0.15, -0.1) is 0 Å². The van der Waals surface area contributed by atoms with Gasteiger partial charge in [0, 0.05) is 5.92 Å². The number of rotatable bonds is 6. The lowest BCUT2D eigenvalue weighted by atomic mass is 9.94. The molecule has 1 aliphatic rings. The van der Waals surface area contributed by atoms with Gasteiger partial charge in [0.2, 0.25) is 0 Å². The molecule has 8 atom stereocenters. The monoisotopic (exact) mass is 294 g/mol. The van der Waals surface area contributed by atoms with Crippen molar-refractivity contribution < 1.29 is 35.0 Å². The number of hydrogen-bond donors (Lipinski definition) is 5. The smallest absolute Gasteiger partial charge is 0.181 e. The fourth-order valence-corrected chi connectivity index (χ4v) is 2.19. The second-order valence-corrected chi connectivity index (χ2v) is 5.41. The van der Waals surface area contributed by atoms with Gasteiger partial charge in [-0.2, -0.15) is 0 Å². The van der Waals surface area contributed by atoms with Crippen LogP contribution in [0, 0.1) is 5.92 Å². The Morgan fingerprint density at radius 2 is 1.80 bits per heavy atom. The molecular weight excluding hydrogens is 268 g/mol. The van der Waals surface area contributed by atoms with Gasteiger partial charge in [0.25, 0.3) is 0 Å². The highest BCUT2D eigenvalue weighted by Gasteiger charge is 2.40. The maximum Gasteiger partial charge on any atom is 0.181 e. The van der Waals surface area contributed by atoms with E-state index >= 15 is 0 Å². The highest BCUT2D eigenvalue weighted by Crippen LogP contribution is 2.25. The lowest BCUT2D eigenvalue weighted by Gasteiger charge is -2.39. The highest BCUT2D eigenvalue weighted by molar-refractivity contribution is 4.84. The van der Waals surface area contributed by atoms with Crippen LogP contribution in [0.25, 0.3) is 0 Å². The predicted octanol–water partition coefficient (Wildman–Crippen LogP) is -1.40. The van der Waals surface area contributed by atoms with Crippen LogP contribution in [-0.4, -0.2) is 75.1 Å². The van der Waals surface area contributed by atoms with Crippen LogP contribution in [0.4, 0.5) is 0 Å². The largest absolute Gasteiger partial charge is 0.390 e. The molecule has 7 nitrogen and oxygen atoms in total. The quantitative estimate of drug-likeness (QED) is 0.408. The molecule has 0 aliphatic carbocycles. The Morgan fingerprint density at radius 3 is 2.35 bits per heavy atom. The van der Waals surface area contributed by atoms with Crippen LogP contribution in [-0.2, 0) is 9.47 Å². The van der Waals surface area contributed by atoms with E-state index in [0.717, 1.165) is 0 Å². The van der Waals surface area contributed by atoms with E-state index in [0.29, 0.717) is 6.42 Å². The molecule has 0 aromatic rings. The van der Waals surface area contributed by atoms with Crippen LogP contribution in [0.2, 0.25) is 0 Å². The Hall–Kier alpha value is -0.280. The van der Waals surface area contributed by atoms with Crippen LogP contribution < -0.4 is 0 Å². The minimum absolute atomic E-state index is 0.0241. The topological polar surface area (TPSA) is 120 Å². The Morgan fingerprint density at radius 1 is 1.20 bits per heavy atom. The number of aliphatic hydroxyl groups excluding tert-OH is 5. The van der Waals surface area contributed by atoms with Crippen LogP contribution in [0.5, 0.6) is 0 Å². The average molecular weight is 294 g/mol. The first-order chi connectivity index (χ1) is 9.29. The Bertz CT molecular complexity index is 288. The molecule has 0 aromatic carbocycles. The summed E-state index contributed by atoms with van der Waals surface area (Å²) in [5.41, 5.74) is 0. The van der Waals surface area contributed by atoms with Gasteiger partial charge in [0.1, 0.15) is 18.3 Å². The van der Waals surface area contributed by atoms with Crippen molar-refractivity contribution in [3.05, 3.63) is 0 Å². The van der Waals surface area contributed by atoms with E-state index in [-0.39, 0.29) is 12.5 Å². The second kappa shape index (κ2) is 7.65. The lowest BCUT2D eigenvalue weighted by Crippen LogP contribution is -2.53. The Labute approximate surface area is 118 Å². The van der Waals surface area contributed by atoms with Gasteiger partial charge in [0.05, 0.1) is 24.9 Å². The fourth-order valence-electron chi connectivity index (χ4n) is 2.19. The molecule has 120 valence electrons. The zero-order valence-corrected chi connectivity index (χ0v) is 12.1. The van der Waals surface area contributed by atoms with Crippen LogP contribution in [0.15, 0.2) is 0 Å². The predicted molar refractivity (Wildman–Crippen MR) is 69.8 cm³/mol. The summed E-state index contributed by atoms with van der Waals surface area (Å²) >= 11 is 0. The first kappa shape index (κ1) is 17.8. The van der Waals surface area contributed by atoms with Gasteiger partial charge in [-0.1, -0.05) is 13.8 Å². The maximum absolute atomic E-state index is 9.94. The maximum atomic E-state index is 9.94. The second-order valence-electron chi connectivity index (χ2n) is 5.41. The molecule has 1 fully saturated rings. The zero-order valence-electron chi connectivity index (χ0n) is 12.1. The van der Waals surface area contributed by atoms with Gasteiger partial charge in [0.15, 0.2) is 6.29 Å². The van der Waals surface area contributed by atoms with E-state index in [9.17, 15) is 25.5 Å². The first-order valence-corrected chi connectivity index (χ1v) is 6.97. The standard InChI is InChI=1S/C13H26O7/c1-4-8(14)11(17)10(16)7(3)20-12-6(2)9(15)5-19-13(12)18/h6-18H,4-5H2,1-3H3/t6-,7+,8+,9+,10-,11-,12+,13+/m0/s1. The van der Waals surface area contributed by atoms with Gasteiger partial charge < -0.3 is 35.0 Å². The van der Waals surface area contributed by atoms with E-state index in [1.807, 2.05) is 0 Å². The molecule has 7 heteroatoms. The van der Waals surface area contributed by atoms with Crippen molar-refractivity contribution in [2.45, 2.75) is 70.1 Å². The third kappa shape index (κ3) is 4.11. The van der Waals surface area contributed by atoms with Crippen molar-refractivity contribution in [3.8, 4) is 0 Å². The molecule has 1 aliphatic heterocycles. The molecule has 1 rings (SSSR count). The fraction of sp³-hybridized carbons (Fsp3) is 1.00. The molecule has 0 aromatic heterocycles. The summed E-state index contributed by atoms with van der Waals surface area (Å²) in [7, 11) is 0. The van der Waals surface area contributed by atoms with E-state index < -0.39 is 42.9 Å². The Balaban J connectivity index is 2.61. The molecule has 1 heterocycles. The number of aliphatic hydroxyl groups is 5. The highest BCUT2D eigenvalue weighted by atomic mass is 16.6. The van der Waals surface area contributed by atoms with E-state index in [1.54, 1.807) is 13.8 Å². The van der Waals surface area contributed by atoms with Crippen molar-refractivity contribution in [2.24, 2.45) is 5.92 Å². The van der Waals surface area contributed by atoms with Crippen molar-refractivity contribution in [2.75, 3.05) is 6.61 Å². The van der Waals surface area contributed by atoms with Gasteiger partial charge in [-0.25, -0.2) is 0 Å². The minimum atomic E-state index is -1.34. The first-order valence-electron chi connectivity index (χ1n) is 6.97. The van der Waals surface area contributed by atoms with Crippen molar-refractivity contribution in [1.82, 2.24) is 0 Å². The lowest BCUT2D eigenvalue weighted by molar-refractivity contribution is -0.266. The normalized spacial score (nSPS) is 37.2. The molecule has 20 heavy (non-hydrogen) atoms. The van der Waals surface area contributed by atoms with Gasteiger partial charge >= 0.3 is 0 Å². The van der Waals surface area contributed by atoms with Crippen LogP contribution >= 0.6 is 0 Å². The summed E-state index contributed by atoms with van der Waals surface area (Å²) < 4.78 is 10.5. The van der Waals surface area contributed by atoms with Crippen molar-refractivity contribution in [3.63, 3.8) is 0 Å². The summed E-state index contributed by atoms with van der Waals surface area (Å²) in [6, 6.07) is 0. The molecule has 0 amide bonds. The van der Waals surface area contributed by atoms with Crippen molar-refractivity contribution >= 4 is 0 Å². The summed E-state index contributed by atoms with van der Waals surface area (Å²) in [6.45, 7) is 4.94. The summed E-state index contributed by atoms with van der Waals surface area (Å²) in [6.07, 6.45) is -6.99. The van der Waals surface area contributed by atoms with E-state index in [2.05, 4.69) is 0 Å². The SMILES string of the molecule is CC[C@@H](O)[C@H](O)[C@@H](O)[C@@H](C)O[C@@H]1[C@@H](C)[C@H](O)CO[C@H]1O. The summed E-state index contributed by atoms with van der Waals surface area (Å²) in [5, 5.41) is 48.6. The van der Waals surface area contributed by atoms with E-state index in [4.69, 9.17) is 9.47 Å². The molecule has 0 bridgehead atoms. The van der Waals surface area contributed by atoms with Gasteiger partial charge in [-0.05, 0) is 13.3 Å². The third-order valence-corrected chi connectivity index (χ3v) is 3.86. The third-order valence-electron chi connectivity index (χ3n) is 3.86. The molecule has 0 saturated carbocycles. The molecular formula is C13H26O7. The minimum Gasteiger partial charge on any atom is -0.390 e. The summed E-state index contributed by atoms with van der Waals surface area (Å²) in [4.78, 5) is 0. The zero-order chi connectivity index (χ0) is 15.4. The van der Waals surface area contributed by atoms with Crippen LogP contribution in [0.1, 0.15) is 27.2 Å². The molecule has 5 N–H and O–H groups in total. The average Bonchev–Trinajstić information content (AvgIpc) is 2.44. The molecule has 1 saturated heterocycles. The summed E-state index contributed by atoms with van der Waals surface area (Å²) in [5.74, 6) is -0.373. The van der Waals surface area contributed by atoms with Gasteiger partial charge in [-0.3, -0.25) is 0 Å². The molecule has 0 unspecified atom stereocenters. The van der Waals surface area contributed by atoms with E-state index in [1.165, 1.54) is 6.92 Å². The molecule has 0 radical (unpaired) electrons. The number of ether oxygens (including phenoxy) is 2. The number of hydrogen-bond acceptors (Lipinski definition) is 7. The van der Waals surface area contributed by atoms with Crippen molar-refractivity contribution in [1.29, 1.82) is 0 Å². The van der Waals surface area contributed by atoms with Crippen LogP contribution in [0.3, 0.4) is 0 Å². The Kier molecular flexibility index (Phi) is 6.80. The molecule has 0 spiro atoms.